The Bertz CT molecular complexity index is 1180. The summed E-state index contributed by atoms with van der Waals surface area (Å²) < 4.78 is 0. The number of nitrogens with zero attached hydrogens (tertiary/aromatic N) is 2. The number of piperidine rings is 1. The lowest BCUT2D eigenvalue weighted by Crippen LogP contribution is -2.44. The van der Waals surface area contributed by atoms with Gasteiger partial charge in [-0.2, -0.15) is 0 Å². The van der Waals surface area contributed by atoms with Gasteiger partial charge in [-0.05, 0) is 70.7 Å². The van der Waals surface area contributed by atoms with E-state index in [-0.39, 0.29) is 11.0 Å². The lowest BCUT2D eigenvalue weighted by Gasteiger charge is -2.38. The summed E-state index contributed by atoms with van der Waals surface area (Å²) in [7, 11) is 0. The molecule has 3 aliphatic heterocycles. The van der Waals surface area contributed by atoms with Gasteiger partial charge in [0, 0.05) is 43.8 Å². The first-order chi connectivity index (χ1) is 16.8. The number of carboxylic acids is 1. The van der Waals surface area contributed by atoms with Crippen molar-refractivity contribution in [3.63, 3.8) is 0 Å². The molecule has 6 heteroatoms. The van der Waals surface area contributed by atoms with Gasteiger partial charge in [-0.1, -0.05) is 43.3 Å². The number of rotatable bonds is 5. The molecule has 4 aliphatic rings. The number of carboxylic acid groups (broad SMARTS) is 1. The normalized spacial score (nSPS) is 23.0. The predicted octanol–water partition coefficient (Wildman–Crippen LogP) is 6.19. The number of benzene rings is 2. The second-order valence-corrected chi connectivity index (χ2v) is 12.6. The fraction of sp³-hybridized carbons (Fsp3) is 0.517. The molecule has 1 saturated carbocycles. The van der Waals surface area contributed by atoms with Crippen LogP contribution in [0.4, 0.5) is 0 Å². The molecule has 0 amide bonds. The van der Waals surface area contributed by atoms with Crippen LogP contribution in [0.1, 0.15) is 90.9 Å². The van der Waals surface area contributed by atoms with E-state index in [1.165, 1.54) is 30.6 Å². The molecule has 5 nitrogen and oxygen atoms in total. The summed E-state index contributed by atoms with van der Waals surface area (Å²) in [5, 5.41) is 13.6. The van der Waals surface area contributed by atoms with Gasteiger partial charge in [0.2, 0.25) is 0 Å². The van der Waals surface area contributed by atoms with Crippen LogP contribution < -0.4 is 0 Å². The van der Waals surface area contributed by atoms with Crippen LogP contribution in [0.2, 0.25) is 0 Å². The Hall–Kier alpha value is -2.31. The van der Waals surface area contributed by atoms with Crippen LogP contribution in [0, 0.1) is 0 Å². The minimum atomic E-state index is -0.907. The minimum Gasteiger partial charge on any atom is -0.478 e. The zero-order chi connectivity index (χ0) is 24.2. The van der Waals surface area contributed by atoms with Crippen molar-refractivity contribution in [2.24, 2.45) is 5.16 Å². The van der Waals surface area contributed by atoms with Crippen LogP contribution >= 0.6 is 11.8 Å². The zero-order valence-electron chi connectivity index (χ0n) is 20.7. The molecule has 3 heterocycles. The van der Waals surface area contributed by atoms with Gasteiger partial charge in [-0.15, -0.1) is 11.8 Å². The lowest BCUT2D eigenvalue weighted by molar-refractivity contribution is -0.0627. The lowest BCUT2D eigenvalue weighted by atomic mass is 9.79. The predicted molar refractivity (Wildman–Crippen MR) is 140 cm³/mol. The first-order valence-electron chi connectivity index (χ1n) is 12.9. The van der Waals surface area contributed by atoms with Crippen molar-refractivity contribution in [2.45, 2.75) is 80.7 Å². The highest BCUT2D eigenvalue weighted by Crippen LogP contribution is 2.51. The molecule has 0 aromatic heterocycles. The van der Waals surface area contributed by atoms with Crippen LogP contribution in [0.15, 0.2) is 46.4 Å². The van der Waals surface area contributed by atoms with Gasteiger partial charge in [-0.3, -0.25) is 4.90 Å². The van der Waals surface area contributed by atoms with E-state index in [2.05, 4.69) is 47.8 Å². The number of fused-ring (bicyclic) bond motifs is 1. The molecule has 1 aliphatic carbocycles. The summed E-state index contributed by atoms with van der Waals surface area (Å²) in [6, 6.07) is 12.0. The van der Waals surface area contributed by atoms with Crippen LogP contribution in [-0.4, -0.2) is 46.1 Å². The van der Waals surface area contributed by atoms with Crippen LogP contribution in [-0.2, 0) is 16.8 Å². The van der Waals surface area contributed by atoms with Gasteiger partial charge in [0.25, 0.3) is 0 Å². The minimum absolute atomic E-state index is 0.217. The van der Waals surface area contributed by atoms with Crippen molar-refractivity contribution in [3.8, 4) is 0 Å². The van der Waals surface area contributed by atoms with E-state index in [9.17, 15) is 4.79 Å². The largest absolute Gasteiger partial charge is 0.478 e. The van der Waals surface area contributed by atoms with Crippen molar-refractivity contribution < 1.29 is 14.7 Å². The molecular weight excluding hydrogens is 456 g/mol. The summed E-state index contributed by atoms with van der Waals surface area (Å²) in [6.45, 7) is 7.86. The number of likely N-dealkylation sites (tertiary alicyclic amines) is 1. The zero-order valence-corrected chi connectivity index (χ0v) is 21.5. The Kier molecular flexibility index (Phi) is 5.72. The SMILES string of the molecule is CC1(C)CCSc2c(C3CC3)cc(CN3CCC4(CC3)CC(c3ccc(C(=O)O)cc3)=NO4)cc21. The summed E-state index contributed by atoms with van der Waals surface area (Å²) in [4.78, 5) is 21.3. The van der Waals surface area contributed by atoms with Gasteiger partial charge in [0.1, 0.15) is 5.60 Å². The summed E-state index contributed by atoms with van der Waals surface area (Å²) in [6.07, 6.45) is 6.68. The summed E-state index contributed by atoms with van der Waals surface area (Å²) in [5.74, 6) is 1.11. The second kappa shape index (κ2) is 8.67. The molecule has 2 fully saturated rings. The van der Waals surface area contributed by atoms with Crippen LogP contribution in [0.3, 0.4) is 0 Å². The molecule has 0 bridgehead atoms. The highest BCUT2D eigenvalue weighted by atomic mass is 32.2. The van der Waals surface area contributed by atoms with Crippen molar-refractivity contribution in [2.75, 3.05) is 18.8 Å². The van der Waals surface area contributed by atoms with Gasteiger partial charge in [-0.25, -0.2) is 4.79 Å². The molecule has 2 aromatic rings. The number of hydrogen-bond acceptors (Lipinski definition) is 5. The number of thioether (sulfide) groups is 1. The number of hydrogen-bond donors (Lipinski definition) is 1. The van der Waals surface area contributed by atoms with Gasteiger partial charge in [0.05, 0.1) is 11.3 Å². The second-order valence-electron chi connectivity index (χ2n) is 11.5. The quantitative estimate of drug-likeness (QED) is 0.541. The number of aromatic carboxylic acids is 1. The maximum absolute atomic E-state index is 11.1. The van der Waals surface area contributed by atoms with Crippen molar-refractivity contribution in [1.29, 1.82) is 0 Å². The third-order valence-electron chi connectivity index (χ3n) is 8.37. The Morgan fingerprint density at radius 3 is 2.57 bits per heavy atom. The highest BCUT2D eigenvalue weighted by molar-refractivity contribution is 7.99. The third kappa shape index (κ3) is 4.51. The number of oxime groups is 1. The number of carbonyl (C=O) groups is 1. The molecule has 1 saturated heterocycles. The Morgan fingerprint density at radius 1 is 1.14 bits per heavy atom. The molecule has 6 rings (SSSR count). The molecule has 0 atom stereocenters. The molecule has 2 aromatic carbocycles. The smallest absolute Gasteiger partial charge is 0.335 e. The maximum Gasteiger partial charge on any atom is 0.335 e. The van der Waals surface area contributed by atoms with Crippen molar-refractivity contribution in [3.05, 3.63) is 64.2 Å². The maximum atomic E-state index is 11.1. The Morgan fingerprint density at radius 2 is 1.89 bits per heavy atom. The average molecular weight is 491 g/mol. The highest BCUT2D eigenvalue weighted by Gasteiger charge is 2.42. The molecule has 184 valence electrons. The Labute approximate surface area is 211 Å². The van der Waals surface area contributed by atoms with Crippen LogP contribution in [0.25, 0.3) is 0 Å². The van der Waals surface area contributed by atoms with E-state index in [4.69, 9.17) is 9.94 Å². The van der Waals surface area contributed by atoms with Gasteiger partial charge in [0.15, 0.2) is 0 Å². The molecule has 0 unspecified atom stereocenters. The summed E-state index contributed by atoms with van der Waals surface area (Å²) in [5.41, 5.74) is 6.90. The molecule has 1 N–H and O–H groups in total. The molecule has 0 radical (unpaired) electrons. The molecular formula is C29H34N2O3S. The Balaban J connectivity index is 1.12. The third-order valence-corrected chi connectivity index (χ3v) is 9.53. The topological polar surface area (TPSA) is 62.1 Å². The van der Waals surface area contributed by atoms with Gasteiger partial charge >= 0.3 is 5.97 Å². The van der Waals surface area contributed by atoms with Crippen molar-refractivity contribution >= 4 is 23.4 Å². The molecule has 35 heavy (non-hydrogen) atoms. The fourth-order valence-corrected chi connectivity index (χ4v) is 7.53. The first kappa shape index (κ1) is 23.1. The van der Waals surface area contributed by atoms with E-state index in [0.29, 0.717) is 5.56 Å². The summed E-state index contributed by atoms with van der Waals surface area (Å²) >= 11 is 2.08. The van der Waals surface area contributed by atoms with E-state index < -0.39 is 5.97 Å². The van der Waals surface area contributed by atoms with Crippen LogP contribution in [0.5, 0.6) is 0 Å². The monoisotopic (exact) mass is 490 g/mol. The first-order valence-corrected chi connectivity index (χ1v) is 13.9. The van der Waals surface area contributed by atoms with Crippen molar-refractivity contribution in [1.82, 2.24) is 4.90 Å². The van der Waals surface area contributed by atoms with E-state index in [0.717, 1.165) is 56.1 Å². The van der Waals surface area contributed by atoms with E-state index >= 15 is 0 Å². The fourth-order valence-electron chi connectivity index (χ4n) is 5.84. The standard InChI is InChI=1S/C29H34N2O3S/c1-28(2)11-14-35-26-23(20-3-4-20)15-19(16-24(26)28)18-31-12-9-29(10-13-31)17-25(30-34-29)21-5-7-22(8-6-21)27(32)33/h5-8,15-16,20H,3-4,9-14,17-18H2,1-2H3,(H,32,33). The molecule has 1 spiro atoms. The van der Waals surface area contributed by atoms with E-state index in [1.807, 2.05) is 12.1 Å². The average Bonchev–Trinajstić information content (AvgIpc) is 3.61. The van der Waals surface area contributed by atoms with E-state index in [1.54, 1.807) is 28.2 Å². The van der Waals surface area contributed by atoms with Gasteiger partial charge < -0.3 is 9.94 Å².